The average Bonchev–Trinajstić information content (AvgIpc) is 3.31. The van der Waals surface area contributed by atoms with Gasteiger partial charge in [0.1, 0.15) is 11.8 Å². The van der Waals surface area contributed by atoms with Crippen molar-refractivity contribution in [2.45, 2.75) is 83.5 Å². The molecule has 1 N–H and O–H groups in total. The molecule has 0 radical (unpaired) electrons. The van der Waals surface area contributed by atoms with Gasteiger partial charge in [-0.25, -0.2) is 4.79 Å². The molecular weight excluding hydrogens is 551 g/mol. The Hall–Kier alpha value is -3.11. The number of carbonyl (C=O) groups is 2. The van der Waals surface area contributed by atoms with Gasteiger partial charge in [0.2, 0.25) is 5.91 Å². The van der Waals surface area contributed by atoms with Crippen molar-refractivity contribution < 1.29 is 42.1 Å². The maximum Gasteiger partial charge on any atom is 0.416 e. The second kappa shape index (κ2) is 12.6. The highest BCUT2D eigenvalue weighted by Gasteiger charge is 2.59. The van der Waals surface area contributed by atoms with E-state index in [2.05, 4.69) is 0 Å². The van der Waals surface area contributed by atoms with E-state index in [-0.39, 0.29) is 29.9 Å². The first-order valence-corrected chi connectivity index (χ1v) is 14.3. The standard InChI is InChI=1S/C32H40F3NO6/c1-31(2,3)25-27(30(38)39)36(29(37)20-12-9-13-23(17-20)40-4)26(19-10-7-6-8-11-19)28(25)42-18-21-16-22(32(33,34)35)14-15-24(21)41-5/h6-8,10-11,14-16,20,23,25-28H,9,12-13,17-18H2,1-5H3,(H,38,39)/t20-,23-,25+,26-,27-,28-/m1/s1. The first-order chi connectivity index (χ1) is 19.8. The fourth-order valence-electron chi connectivity index (χ4n) is 6.64. The van der Waals surface area contributed by atoms with E-state index >= 15 is 0 Å². The molecule has 1 aliphatic heterocycles. The van der Waals surface area contributed by atoms with Gasteiger partial charge in [-0.05, 0) is 48.4 Å². The van der Waals surface area contributed by atoms with E-state index in [1.165, 1.54) is 18.1 Å². The van der Waals surface area contributed by atoms with Gasteiger partial charge >= 0.3 is 12.1 Å². The summed E-state index contributed by atoms with van der Waals surface area (Å²) in [6.45, 7) is 5.42. The fraction of sp³-hybridized carbons (Fsp3) is 0.562. The van der Waals surface area contributed by atoms with Gasteiger partial charge in [-0.2, -0.15) is 13.2 Å². The minimum absolute atomic E-state index is 0.0902. The van der Waals surface area contributed by atoms with Crippen LogP contribution in [0, 0.1) is 17.3 Å². The lowest BCUT2D eigenvalue weighted by atomic mass is 9.73. The molecule has 0 unspecified atom stereocenters. The Balaban J connectivity index is 1.81. The third-order valence-corrected chi connectivity index (χ3v) is 8.60. The summed E-state index contributed by atoms with van der Waals surface area (Å²) in [7, 11) is 2.98. The van der Waals surface area contributed by atoms with Crippen LogP contribution in [-0.2, 0) is 31.8 Å². The molecule has 4 rings (SSSR count). The first-order valence-electron chi connectivity index (χ1n) is 14.3. The van der Waals surface area contributed by atoms with E-state index in [1.54, 1.807) is 7.11 Å². The van der Waals surface area contributed by atoms with Crippen molar-refractivity contribution >= 4 is 11.9 Å². The lowest BCUT2D eigenvalue weighted by Crippen LogP contribution is -2.49. The third kappa shape index (κ3) is 6.59. The van der Waals surface area contributed by atoms with E-state index in [0.717, 1.165) is 25.0 Å². The number of amides is 1. The highest BCUT2D eigenvalue weighted by Crippen LogP contribution is 2.51. The van der Waals surface area contributed by atoms with Crippen LogP contribution in [0.1, 0.15) is 69.2 Å². The Kier molecular flexibility index (Phi) is 9.57. The number of ether oxygens (including phenoxy) is 3. The summed E-state index contributed by atoms with van der Waals surface area (Å²) in [6, 6.07) is 10.3. The molecule has 0 spiro atoms. The molecule has 1 saturated carbocycles. The normalized spacial score (nSPS) is 26.7. The van der Waals surface area contributed by atoms with Gasteiger partial charge in [0.25, 0.3) is 0 Å². The van der Waals surface area contributed by atoms with Crippen molar-refractivity contribution in [2.75, 3.05) is 14.2 Å². The van der Waals surface area contributed by atoms with Gasteiger partial charge in [-0.1, -0.05) is 57.5 Å². The van der Waals surface area contributed by atoms with Crippen LogP contribution in [-0.4, -0.2) is 54.4 Å². The molecule has 2 aromatic carbocycles. The molecule has 2 aliphatic rings. The number of aliphatic carboxylic acids is 1. The number of halogens is 3. The zero-order valence-electron chi connectivity index (χ0n) is 24.7. The number of alkyl halides is 3. The van der Waals surface area contributed by atoms with Gasteiger partial charge in [0.05, 0.1) is 37.5 Å². The highest BCUT2D eigenvalue weighted by atomic mass is 19.4. The SMILES string of the molecule is COc1ccc(C(F)(F)F)cc1CO[C@@H]1[C@@H](C(C)(C)C)[C@H](C(=O)O)N(C(=O)[C@@H]2CCC[C@@H](OC)C2)[C@@H]1c1ccccc1. The summed E-state index contributed by atoms with van der Waals surface area (Å²) in [5.41, 5.74) is -0.608. The summed E-state index contributed by atoms with van der Waals surface area (Å²) in [6.07, 6.45) is -2.75. The van der Waals surface area contributed by atoms with Crippen LogP contribution in [0.15, 0.2) is 48.5 Å². The quantitative estimate of drug-likeness (QED) is 0.377. The number of hydrogen-bond donors (Lipinski definition) is 1. The van der Waals surface area contributed by atoms with Crippen molar-refractivity contribution in [1.29, 1.82) is 0 Å². The van der Waals surface area contributed by atoms with Gasteiger partial charge < -0.3 is 24.2 Å². The maximum absolute atomic E-state index is 14.3. The largest absolute Gasteiger partial charge is 0.496 e. The maximum atomic E-state index is 14.3. The molecule has 0 aromatic heterocycles. The Morgan fingerprint density at radius 1 is 1.02 bits per heavy atom. The highest BCUT2D eigenvalue weighted by molar-refractivity contribution is 5.87. The molecule has 1 heterocycles. The Labute approximate surface area is 244 Å². The molecule has 6 atom stereocenters. The number of likely N-dealkylation sites (tertiary alicyclic amines) is 1. The van der Waals surface area contributed by atoms with Gasteiger partial charge in [0, 0.05) is 24.5 Å². The molecule has 0 bridgehead atoms. The van der Waals surface area contributed by atoms with Crippen molar-refractivity contribution in [3.8, 4) is 5.75 Å². The number of carboxylic acids is 1. The third-order valence-electron chi connectivity index (χ3n) is 8.60. The van der Waals surface area contributed by atoms with Crippen LogP contribution in [0.4, 0.5) is 13.2 Å². The summed E-state index contributed by atoms with van der Waals surface area (Å²) < 4.78 is 58.0. The Morgan fingerprint density at radius 3 is 2.29 bits per heavy atom. The van der Waals surface area contributed by atoms with E-state index < -0.39 is 53.1 Å². The van der Waals surface area contributed by atoms with E-state index in [4.69, 9.17) is 14.2 Å². The molecular formula is C32H40F3NO6. The van der Waals surface area contributed by atoms with Gasteiger partial charge in [-0.15, -0.1) is 0 Å². The Morgan fingerprint density at radius 2 is 1.71 bits per heavy atom. The van der Waals surface area contributed by atoms with Crippen LogP contribution in [0.3, 0.4) is 0 Å². The molecule has 1 saturated heterocycles. The molecule has 1 aliphatic carbocycles. The van der Waals surface area contributed by atoms with Crippen molar-refractivity contribution in [2.24, 2.45) is 17.3 Å². The zero-order chi connectivity index (χ0) is 30.8. The van der Waals surface area contributed by atoms with E-state index in [0.29, 0.717) is 18.4 Å². The average molecular weight is 592 g/mol. The number of methoxy groups -OCH3 is 2. The number of benzene rings is 2. The molecule has 10 heteroatoms. The number of carbonyl (C=O) groups excluding carboxylic acids is 1. The minimum Gasteiger partial charge on any atom is -0.496 e. The topological polar surface area (TPSA) is 85.3 Å². The molecule has 230 valence electrons. The second-order valence-electron chi connectivity index (χ2n) is 12.3. The predicted molar refractivity (Wildman–Crippen MR) is 150 cm³/mol. The smallest absolute Gasteiger partial charge is 0.416 e. The van der Waals surface area contributed by atoms with Crippen molar-refractivity contribution in [1.82, 2.24) is 4.90 Å². The van der Waals surface area contributed by atoms with E-state index in [1.807, 2.05) is 51.1 Å². The van der Waals surface area contributed by atoms with Crippen LogP contribution < -0.4 is 4.74 Å². The van der Waals surface area contributed by atoms with Crippen LogP contribution >= 0.6 is 0 Å². The van der Waals surface area contributed by atoms with Crippen LogP contribution in [0.5, 0.6) is 5.75 Å². The molecule has 7 nitrogen and oxygen atoms in total. The summed E-state index contributed by atoms with van der Waals surface area (Å²) >= 11 is 0. The molecule has 1 amide bonds. The Bertz CT molecular complexity index is 1250. The van der Waals surface area contributed by atoms with Crippen LogP contribution in [0.2, 0.25) is 0 Å². The number of hydrogen-bond acceptors (Lipinski definition) is 5. The molecule has 42 heavy (non-hydrogen) atoms. The predicted octanol–water partition coefficient (Wildman–Crippen LogP) is 6.50. The molecule has 2 fully saturated rings. The van der Waals surface area contributed by atoms with Crippen LogP contribution in [0.25, 0.3) is 0 Å². The summed E-state index contributed by atoms with van der Waals surface area (Å²) in [5, 5.41) is 10.6. The fourth-order valence-corrected chi connectivity index (χ4v) is 6.64. The van der Waals surface area contributed by atoms with E-state index in [9.17, 15) is 27.9 Å². The molecule has 2 aromatic rings. The number of nitrogens with zero attached hydrogens (tertiary/aromatic N) is 1. The first kappa shape index (κ1) is 31.8. The van der Waals surface area contributed by atoms with Crippen molar-refractivity contribution in [3.63, 3.8) is 0 Å². The summed E-state index contributed by atoms with van der Waals surface area (Å²) in [5.74, 6) is -2.29. The lowest BCUT2D eigenvalue weighted by Gasteiger charge is -2.36. The summed E-state index contributed by atoms with van der Waals surface area (Å²) in [4.78, 5) is 28.8. The van der Waals surface area contributed by atoms with Gasteiger partial charge in [0.15, 0.2) is 0 Å². The second-order valence-corrected chi connectivity index (χ2v) is 12.3. The van der Waals surface area contributed by atoms with Crippen molar-refractivity contribution in [3.05, 3.63) is 65.2 Å². The monoisotopic (exact) mass is 591 g/mol. The zero-order valence-corrected chi connectivity index (χ0v) is 24.7. The van der Waals surface area contributed by atoms with Gasteiger partial charge in [-0.3, -0.25) is 4.79 Å². The minimum atomic E-state index is -4.56. The number of carboxylic acid groups (broad SMARTS) is 1. The lowest BCUT2D eigenvalue weighted by molar-refractivity contribution is -0.155. The number of rotatable bonds is 8.